The van der Waals surface area contributed by atoms with E-state index in [-0.39, 0.29) is 11.5 Å². The number of carbonyl (C=O) groups is 1. The highest BCUT2D eigenvalue weighted by Crippen LogP contribution is 2.38. The topological polar surface area (TPSA) is 38.3 Å². The Hall–Kier alpha value is -3.08. The lowest BCUT2D eigenvalue weighted by atomic mass is 10.1. The number of ether oxygens (including phenoxy) is 1. The van der Waals surface area contributed by atoms with Gasteiger partial charge >= 0.3 is 6.18 Å². The van der Waals surface area contributed by atoms with Crippen LogP contribution >= 0.6 is 11.3 Å². The molecule has 1 N–H and O–H groups in total. The average molecular weight is 477 g/mol. The van der Waals surface area contributed by atoms with Gasteiger partial charge in [0.2, 0.25) is 0 Å². The first-order valence-electron chi connectivity index (χ1n) is 8.92. The van der Waals surface area contributed by atoms with E-state index >= 15 is 0 Å². The van der Waals surface area contributed by atoms with Gasteiger partial charge in [-0.2, -0.15) is 13.2 Å². The van der Waals surface area contributed by atoms with Crippen molar-refractivity contribution in [2.24, 2.45) is 0 Å². The van der Waals surface area contributed by atoms with Crippen molar-refractivity contribution in [3.63, 3.8) is 0 Å². The van der Waals surface area contributed by atoms with Crippen LogP contribution in [0.15, 0.2) is 29.6 Å². The Balaban J connectivity index is 1.80. The summed E-state index contributed by atoms with van der Waals surface area (Å²) >= 11 is 0.844. The Kier molecular flexibility index (Phi) is 6.49. The minimum Gasteiger partial charge on any atom is -0.488 e. The first-order valence-corrected chi connectivity index (χ1v) is 9.80. The van der Waals surface area contributed by atoms with Crippen molar-refractivity contribution in [3.05, 3.63) is 80.0 Å². The van der Waals surface area contributed by atoms with Gasteiger partial charge in [0.1, 0.15) is 23.6 Å². The molecule has 170 valence electrons. The highest BCUT2D eigenvalue weighted by Gasteiger charge is 2.42. The smallest absolute Gasteiger partial charge is 0.422 e. The SMILES string of the molecule is Cc1cccc(C)c1OCc1csc(C(=O)Nc2c(F)c(F)c(C(F)(F)F)c(F)c2F)c1. The molecule has 3 aromatic rings. The molecular formula is C21H14F7NO2S. The van der Waals surface area contributed by atoms with Crippen molar-refractivity contribution in [1.82, 2.24) is 0 Å². The standard InChI is InChI=1S/C21H14F7NO2S/c1-9-4-3-5-10(2)19(9)31-7-11-6-12(32-8-11)20(30)29-18-16(24)14(22)13(21(26,27)28)15(23)17(18)25/h3-6,8H,7H2,1-2H3,(H,29,30). The zero-order valence-corrected chi connectivity index (χ0v) is 17.3. The van der Waals surface area contributed by atoms with E-state index in [0.717, 1.165) is 22.5 Å². The summed E-state index contributed by atoms with van der Waals surface area (Å²) in [5.74, 6) is -10.5. The van der Waals surface area contributed by atoms with Gasteiger partial charge in [-0.05, 0) is 36.4 Å². The molecule has 1 amide bonds. The second-order valence-electron chi connectivity index (χ2n) is 6.79. The lowest BCUT2D eigenvalue weighted by Gasteiger charge is -2.14. The number of aryl methyl sites for hydroxylation is 2. The predicted octanol–water partition coefficient (Wildman–Crippen LogP) is 6.77. The van der Waals surface area contributed by atoms with Crippen LogP contribution in [-0.2, 0) is 12.8 Å². The van der Waals surface area contributed by atoms with Crippen LogP contribution < -0.4 is 10.1 Å². The van der Waals surface area contributed by atoms with Crippen LogP contribution in [0, 0.1) is 37.1 Å². The third-order valence-corrected chi connectivity index (χ3v) is 5.43. The Labute approximate surface area is 181 Å². The number of benzene rings is 2. The van der Waals surface area contributed by atoms with Gasteiger partial charge < -0.3 is 10.1 Å². The van der Waals surface area contributed by atoms with E-state index in [0.29, 0.717) is 11.3 Å². The number of carbonyl (C=O) groups excluding carboxylic acids is 1. The van der Waals surface area contributed by atoms with E-state index in [1.54, 1.807) is 5.32 Å². The molecular weight excluding hydrogens is 463 g/mol. The van der Waals surface area contributed by atoms with Crippen LogP contribution in [0.1, 0.15) is 31.9 Å². The number of amides is 1. The summed E-state index contributed by atoms with van der Waals surface area (Å²) in [6, 6.07) is 6.87. The summed E-state index contributed by atoms with van der Waals surface area (Å²) in [4.78, 5) is 12.2. The van der Waals surface area contributed by atoms with Crippen LogP contribution in [0.25, 0.3) is 0 Å². The van der Waals surface area contributed by atoms with Crippen LogP contribution in [0.2, 0.25) is 0 Å². The molecule has 2 aromatic carbocycles. The highest BCUT2D eigenvalue weighted by atomic mass is 32.1. The summed E-state index contributed by atoms with van der Waals surface area (Å²) in [6.07, 6.45) is -5.67. The largest absolute Gasteiger partial charge is 0.488 e. The first kappa shape index (κ1) is 23.6. The fourth-order valence-electron chi connectivity index (χ4n) is 2.92. The van der Waals surface area contributed by atoms with Gasteiger partial charge in [-0.25, -0.2) is 17.6 Å². The van der Waals surface area contributed by atoms with Gasteiger partial charge in [-0.3, -0.25) is 4.79 Å². The number of anilines is 1. The van der Waals surface area contributed by atoms with Crippen molar-refractivity contribution in [2.75, 3.05) is 5.32 Å². The minimum absolute atomic E-state index is 0.0573. The molecule has 0 saturated carbocycles. The predicted molar refractivity (Wildman–Crippen MR) is 104 cm³/mol. The zero-order valence-electron chi connectivity index (χ0n) is 16.5. The van der Waals surface area contributed by atoms with E-state index in [2.05, 4.69) is 0 Å². The third kappa shape index (κ3) is 4.57. The zero-order chi connectivity index (χ0) is 23.8. The number of hydrogen-bond donors (Lipinski definition) is 1. The molecule has 0 radical (unpaired) electrons. The summed E-state index contributed by atoms with van der Waals surface area (Å²) in [7, 11) is 0. The van der Waals surface area contributed by atoms with Crippen LogP contribution in [-0.4, -0.2) is 5.91 Å². The lowest BCUT2D eigenvalue weighted by Crippen LogP contribution is -2.19. The highest BCUT2D eigenvalue weighted by molar-refractivity contribution is 7.12. The third-order valence-electron chi connectivity index (χ3n) is 4.45. The lowest BCUT2D eigenvalue weighted by molar-refractivity contribution is -0.143. The number of alkyl halides is 3. The molecule has 11 heteroatoms. The van der Waals surface area contributed by atoms with Crippen LogP contribution in [0.5, 0.6) is 5.75 Å². The van der Waals surface area contributed by atoms with Gasteiger partial charge in [0.25, 0.3) is 5.91 Å². The van der Waals surface area contributed by atoms with Gasteiger partial charge in [0, 0.05) is 5.56 Å². The number of rotatable bonds is 5. The van der Waals surface area contributed by atoms with Gasteiger partial charge in [-0.15, -0.1) is 11.3 Å². The Morgan fingerprint density at radius 1 is 1.00 bits per heavy atom. The molecule has 1 heterocycles. The molecule has 0 aliphatic rings. The molecule has 0 atom stereocenters. The van der Waals surface area contributed by atoms with E-state index in [9.17, 15) is 35.5 Å². The van der Waals surface area contributed by atoms with Crippen molar-refractivity contribution in [2.45, 2.75) is 26.6 Å². The van der Waals surface area contributed by atoms with Gasteiger partial charge in [0.05, 0.1) is 4.88 Å². The Bertz CT molecular complexity index is 1140. The molecule has 0 saturated heterocycles. The fourth-order valence-corrected chi connectivity index (χ4v) is 3.71. The van der Waals surface area contributed by atoms with E-state index in [4.69, 9.17) is 4.74 Å². The number of hydrogen-bond acceptors (Lipinski definition) is 3. The van der Waals surface area contributed by atoms with Crippen molar-refractivity contribution in [1.29, 1.82) is 0 Å². The molecule has 32 heavy (non-hydrogen) atoms. The molecule has 3 rings (SSSR count). The maximum absolute atomic E-state index is 14.0. The molecule has 0 aliphatic heterocycles. The van der Waals surface area contributed by atoms with Crippen molar-refractivity contribution < 1.29 is 40.3 Å². The van der Waals surface area contributed by atoms with Gasteiger partial charge in [-0.1, -0.05) is 18.2 Å². The first-order chi connectivity index (χ1) is 14.9. The van der Waals surface area contributed by atoms with Crippen molar-refractivity contribution in [3.8, 4) is 5.75 Å². The maximum Gasteiger partial charge on any atom is 0.422 e. The quantitative estimate of drug-likeness (QED) is 0.325. The minimum atomic E-state index is -5.67. The summed E-state index contributed by atoms with van der Waals surface area (Å²) in [5.41, 5.74) is -2.08. The van der Waals surface area contributed by atoms with Crippen LogP contribution in [0.4, 0.5) is 36.4 Å². The number of halogens is 7. The monoisotopic (exact) mass is 477 g/mol. The summed E-state index contributed by atoms with van der Waals surface area (Å²) < 4.78 is 99.1. The molecule has 0 fully saturated rings. The fraction of sp³-hybridized carbons (Fsp3) is 0.190. The van der Waals surface area contributed by atoms with E-state index < -0.39 is 46.6 Å². The second kappa shape index (κ2) is 8.81. The van der Waals surface area contributed by atoms with Crippen molar-refractivity contribution >= 4 is 22.9 Å². The summed E-state index contributed by atoms with van der Waals surface area (Å²) in [6.45, 7) is 3.75. The molecule has 0 bridgehead atoms. The second-order valence-corrected chi connectivity index (χ2v) is 7.70. The van der Waals surface area contributed by atoms with E-state index in [1.165, 1.54) is 11.4 Å². The molecule has 0 spiro atoms. The van der Waals surface area contributed by atoms with Crippen LogP contribution in [0.3, 0.4) is 0 Å². The Morgan fingerprint density at radius 2 is 1.56 bits per heavy atom. The van der Waals surface area contributed by atoms with E-state index in [1.807, 2.05) is 32.0 Å². The number of nitrogens with one attached hydrogen (secondary N) is 1. The Morgan fingerprint density at radius 3 is 2.09 bits per heavy atom. The normalized spacial score (nSPS) is 11.5. The molecule has 3 nitrogen and oxygen atoms in total. The maximum atomic E-state index is 14.0. The summed E-state index contributed by atoms with van der Waals surface area (Å²) in [5, 5.41) is 3.11. The molecule has 1 aromatic heterocycles. The number of para-hydroxylation sites is 1. The number of thiophene rings is 1. The molecule has 0 unspecified atom stereocenters. The van der Waals surface area contributed by atoms with Gasteiger partial charge in [0.15, 0.2) is 23.3 Å². The molecule has 0 aliphatic carbocycles. The average Bonchev–Trinajstić information content (AvgIpc) is 3.17.